The summed E-state index contributed by atoms with van der Waals surface area (Å²) in [4.78, 5) is 0. The summed E-state index contributed by atoms with van der Waals surface area (Å²) in [5.41, 5.74) is 0. The molecule has 0 nitrogen and oxygen atoms in total. The number of hydrogen-bond donors (Lipinski definition) is 0. The SMILES string of the molecule is CC1CC2C3C4CCC(C4)C3C3C1C23. The molecule has 2 bridgehead atoms. The van der Waals surface area contributed by atoms with Crippen LogP contribution in [0.1, 0.15) is 32.6 Å². The minimum atomic E-state index is 1.11. The van der Waals surface area contributed by atoms with Gasteiger partial charge >= 0.3 is 0 Å². The Balaban J connectivity index is 1.62. The maximum absolute atomic E-state index is 2.54. The summed E-state index contributed by atoms with van der Waals surface area (Å²) in [7, 11) is 0. The van der Waals surface area contributed by atoms with Crippen LogP contribution in [0, 0.1) is 53.3 Å². The Morgan fingerprint density at radius 3 is 2.36 bits per heavy atom. The molecule has 5 saturated carbocycles. The highest BCUT2D eigenvalue weighted by atomic mass is 14.8. The van der Waals surface area contributed by atoms with Gasteiger partial charge in [0.1, 0.15) is 0 Å². The van der Waals surface area contributed by atoms with Gasteiger partial charge in [-0.3, -0.25) is 0 Å². The fourth-order valence-electron chi connectivity index (χ4n) is 6.97. The highest BCUT2D eigenvalue weighted by Gasteiger charge is 2.75. The van der Waals surface area contributed by atoms with Crippen molar-refractivity contribution in [2.24, 2.45) is 53.3 Å². The maximum Gasteiger partial charge on any atom is -0.0313 e. The molecule has 5 aliphatic rings. The fraction of sp³-hybridized carbons (Fsp3) is 1.00. The zero-order valence-corrected chi connectivity index (χ0v) is 9.02. The molecule has 0 heterocycles. The number of rotatable bonds is 0. The molecule has 0 radical (unpaired) electrons. The molecular formula is C14H20. The van der Waals surface area contributed by atoms with E-state index in [0.717, 1.165) is 5.92 Å². The second-order valence-electron chi connectivity index (χ2n) is 7.10. The average Bonchev–Trinajstić information content (AvgIpc) is 2.58. The third kappa shape index (κ3) is 0.558. The van der Waals surface area contributed by atoms with Crippen molar-refractivity contribution in [3.05, 3.63) is 0 Å². The second kappa shape index (κ2) is 1.95. The van der Waals surface area contributed by atoms with Crippen molar-refractivity contribution in [3.8, 4) is 0 Å². The van der Waals surface area contributed by atoms with Gasteiger partial charge in [-0.15, -0.1) is 0 Å². The van der Waals surface area contributed by atoms with Crippen molar-refractivity contribution >= 4 is 0 Å². The van der Waals surface area contributed by atoms with Gasteiger partial charge in [-0.2, -0.15) is 0 Å². The van der Waals surface area contributed by atoms with E-state index in [4.69, 9.17) is 0 Å². The Bertz CT molecular complexity index is 297. The standard InChI is InChI=1S/C14H20/c1-6-4-9-11-7-2-3-8(5-7)12(11)14-10(6)13(9)14/h6-14H,2-5H2,1H3. The molecule has 0 amide bonds. The topological polar surface area (TPSA) is 0 Å². The van der Waals surface area contributed by atoms with Crippen LogP contribution < -0.4 is 0 Å². The van der Waals surface area contributed by atoms with E-state index in [0.29, 0.717) is 0 Å². The highest BCUT2D eigenvalue weighted by Crippen LogP contribution is 2.80. The van der Waals surface area contributed by atoms with Gasteiger partial charge in [0.2, 0.25) is 0 Å². The van der Waals surface area contributed by atoms with E-state index in [-0.39, 0.29) is 0 Å². The molecule has 0 aliphatic heterocycles. The lowest BCUT2D eigenvalue weighted by molar-refractivity contribution is 0.182. The molecule has 76 valence electrons. The van der Waals surface area contributed by atoms with Gasteiger partial charge < -0.3 is 0 Å². The maximum atomic E-state index is 2.54. The number of fused-ring (bicyclic) bond motifs is 8. The molecule has 0 N–H and O–H groups in total. The summed E-state index contributed by atoms with van der Waals surface area (Å²) in [5.74, 6) is 11.0. The van der Waals surface area contributed by atoms with Gasteiger partial charge in [-0.1, -0.05) is 6.92 Å². The minimum Gasteiger partial charge on any atom is -0.0622 e. The van der Waals surface area contributed by atoms with E-state index in [1.54, 1.807) is 25.7 Å². The summed E-state index contributed by atoms with van der Waals surface area (Å²) < 4.78 is 0. The van der Waals surface area contributed by atoms with Gasteiger partial charge in [-0.25, -0.2) is 0 Å². The first kappa shape index (κ1) is 7.30. The minimum absolute atomic E-state index is 1.11. The van der Waals surface area contributed by atoms with Crippen molar-refractivity contribution < 1.29 is 0 Å². The van der Waals surface area contributed by atoms with Crippen LogP contribution in [0.5, 0.6) is 0 Å². The van der Waals surface area contributed by atoms with Crippen LogP contribution in [0.2, 0.25) is 0 Å². The average molecular weight is 188 g/mol. The molecule has 5 aliphatic carbocycles. The summed E-state index contributed by atoms with van der Waals surface area (Å²) in [5, 5.41) is 0. The Morgan fingerprint density at radius 1 is 0.714 bits per heavy atom. The summed E-state index contributed by atoms with van der Waals surface area (Å²) in [6, 6.07) is 0. The monoisotopic (exact) mass is 188 g/mol. The summed E-state index contributed by atoms with van der Waals surface area (Å²) in [6.45, 7) is 2.54. The first-order valence-corrected chi connectivity index (χ1v) is 6.86. The molecule has 0 spiro atoms. The predicted molar refractivity (Wildman–Crippen MR) is 55.6 cm³/mol. The number of hydrogen-bond acceptors (Lipinski definition) is 0. The quantitative estimate of drug-likeness (QED) is 0.547. The van der Waals surface area contributed by atoms with Crippen LogP contribution in [0.3, 0.4) is 0 Å². The summed E-state index contributed by atoms with van der Waals surface area (Å²) >= 11 is 0. The first-order valence-electron chi connectivity index (χ1n) is 6.86. The van der Waals surface area contributed by atoms with Gasteiger partial charge in [0, 0.05) is 0 Å². The molecule has 0 aromatic rings. The lowest BCUT2D eigenvalue weighted by Gasteiger charge is -2.30. The Labute approximate surface area is 86.5 Å². The second-order valence-corrected chi connectivity index (χ2v) is 7.10. The Hall–Kier alpha value is 0. The van der Waals surface area contributed by atoms with E-state index in [1.807, 2.05) is 0 Å². The third-order valence-electron chi connectivity index (χ3n) is 6.97. The zero-order valence-electron chi connectivity index (χ0n) is 9.02. The molecule has 0 aromatic carbocycles. The van der Waals surface area contributed by atoms with Crippen LogP contribution >= 0.6 is 0 Å². The van der Waals surface area contributed by atoms with Gasteiger partial charge in [0.05, 0.1) is 0 Å². The molecule has 0 aromatic heterocycles. The molecule has 0 heteroatoms. The van der Waals surface area contributed by atoms with Crippen molar-refractivity contribution in [1.29, 1.82) is 0 Å². The fourth-order valence-corrected chi connectivity index (χ4v) is 6.97. The van der Waals surface area contributed by atoms with E-state index in [1.165, 1.54) is 47.3 Å². The lowest BCUT2D eigenvalue weighted by atomic mass is 9.75. The van der Waals surface area contributed by atoms with Crippen molar-refractivity contribution in [1.82, 2.24) is 0 Å². The lowest BCUT2D eigenvalue weighted by Crippen LogP contribution is -2.24. The molecule has 5 rings (SSSR count). The van der Waals surface area contributed by atoms with Crippen LogP contribution in [0.25, 0.3) is 0 Å². The van der Waals surface area contributed by atoms with Crippen LogP contribution in [0.4, 0.5) is 0 Å². The molecule has 9 atom stereocenters. The largest absolute Gasteiger partial charge is 0.0622 e. The normalized spacial score (nSPS) is 76.5. The van der Waals surface area contributed by atoms with Crippen molar-refractivity contribution in [2.45, 2.75) is 32.6 Å². The van der Waals surface area contributed by atoms with E-state index >= 15 is 0 Å². The molecular weight excluding hydrogens is 168 g/mol. The van der Waals surface area contributed by atoms with Gasteiger partial charge in [0.15, 0.2) is 0 Å². The van der Waals surface area contributed by atoms with Crippen LogP contribution in [0.15, 0.2) is 0 Å². The highest BCUT2D eigenvalue weighted by molar-refractivity contribution is 5.23. The van der Waals surface area contributed by atoms with Crippen molar-refractivity contribution in [3.63, 3.8) is 0 Å². The van der Waals surface area contributed by atoms with Crippen LogP contribution in [-0.2, 0) is 0 Å². The first-order chi connectivity index (χ1) is 6.86. The Morgan fingerprint density at radius 2 is 1.50 bits per heavy atom. The Kier molecular flexibility index (Phi) is 1.02. The van der Waals surface area contributed by atoms with E-state index in [9.17, 15) is 0 Å². The van der Waals surface area contributed by atoms with Gasteiger partial charge in [0.25, 0.3) is 0 Å². The smallest absolute Gasteiger partial charge is 0.0313 e. The molecule has 0 saturated heterocycles. The zero-order chi connectivity index (χ0) is 9.02. The van der Waals surface area contributed by atoms with E-state index < -0.39 is 0 Å². The summed E-state index contributed by atoms with van der Waals surface area (Å²) in [6.07, 6.45) is 6.50. The van der Waals surface area contributed by atoms with Gasteiger partial charge in [-0.05, 0) is 78.9 Å². The van der Waals surface area contributed by atoms with E-state index in [2.05, 4.69) is 6.92 Å². The van der Waals surface area contributed by atoms with Crippen LogP contribution in [-0.4, -0.2) is 0 Å². The molecule has 9 unspecified atom stereocenters. The molecule has 14 heavy (non-hydrogen) atoms. The molecule has 5 fully saturated rings. The predicted octanol–water partition coefficient (Wildman–Crippen LogP) is 3.18. The third-order valence-corrected chi connectivity index (χ3v) is 6.97. The van der Waals surface area contributed by atoms with Crippen molar-refractivity contribution in [2.75, 3.05) is 0 Å².